The van der Waals surface area contributed by atoms with Crippen LogP contribution in [0.2, 0.25) is 0 Å². The average Bonchev–Trinajstić information content (AvgIpc) is 3.74. The van der Waals surface area contributed by atoms with Crippen LogP contribution in [0.3, 0.4) is 0 Å². The van der Waals surface area contributed by atoms with E-state index in [1.165, 1.54) is 42.0 Å². The van der Waals surface area contributed by atoms with Gasteiger partial charge in [-0.3, -0.25) is 15.0 Å². The maximum absolute atomic E-state index is 12.4. The third kappa shape index (κ3) is 4.65. The van der Waals surface area contributed by atoms with Crippen LogP contribution in [-0.2, 0) is 9.59 Å². The second kappa shape index (κ2) is 12.0. The van der Waals surface area contributed by atoms with E-state index < -0.39 is 5.91 Å². The Balaban J connectivity index is 0.000000147. The lowest BCUT2D eigenvalue weighted by atomic mass is 9.97. The van der Waals surface area contributed by atoms with E-state index in [-0.39, 0.29) is 11.5 Å². The maximum atomic E-state index is 12.4. The number of carbonyl (C=O) groups excluding carboxylic acids is 2. The van der Waals surface area contributed by atoms with Gasteiger partial charge >= 0.3 is 0 Å². The molecule has 2 heterocycles. The molecule has 0 fully saturated rings. The number of fused-ring (bicyclic) bond motifs is 6. The van der Waals surface area contributed by atoms with Crippen molar-refractivity contribution in [1.82, 2.24) is 0 Å². The van der Waals surface area contributed by atoms with Crippen molar-refractivity contribution in [3.05, 3.63) is 113 Å². The predicted molar refractivity (Wildman–Crippen MR) is 177 cm³/mol. The fraction of sp³-hybridized carbons (Fsp3) is 0.184. The summed E-state index contributed by atoms with van der Waals surface area (Å²) in [6.07, 6.45) is 6.93. The van der Waals surface area contributed by atoms with E-state index in [1.54, 1.807) is 5.87 Å². The molecule has 1 N–H and O–H groups in total. The minimum atomic E-state index is -0.422. The van der Waals surface area contributed by atoms with Crippen molar-refractivity contribution >= 4 is 61.8 Å². The smallest absolute Gasteiger partial charge is 0.267 e. The molecule has 0 bridgehead atoms. The second-order valence-electron chi connectivity index (χ2n) is 11.0. The first-order valence-electron chi connectivity index (χ1n) is 14.9. The van der Waals surface area contributed by atoms with Gasteiger partial charge in [0.05, 0.1) is 11.4 Å². The lowest BCUT2D eigenvalue weighted by molar-refractivity contribution is -0.114. The topological polar surface area (TPSA) is 106 Å². The Hall–Kier alpha value is -5.50. The summed E-state index contributed by atoms with van der Waals surface area (Å²) in [6, 6.07) is 26.5. The van der Waals surface area contributed by atoms with E-state index in [0.29, 0.717) is 11.3 Å². The van der Waals surface area contributed by atoms with Gasteiger partial charge in [0.25, 0.3) is 11.8 Å². The summed E-state index contributed by atoms with van der Waals surface area (Å²) in [6.45, 7) is 5.13. The van der Waals surface area contributed by atoms with Crippen molar-refractivity contribution in [3.63, 3.8) is 0 Å². The first-order chi connectivity index (χ1) is 21.5. The number of carbonyl (C=O) groups is 2. The van der Waals surface area contributed by atoms with E-state index in [9.17, 15) is 9.59 Å². The molecule has 4 aromatic rings. The summed E-state index contributed by atoms with van der Waals surface area (Å²) in [4.78, 5) is 32.5. The molecular formula is C38H30N4O2. The highest BCUT2D eigenvalue weighted by atomic mass is 16.2. The van der Waals surface area contributed by atoms with E-state index in [1.807, 2.05) is 42.5 Å². The molecule has 2 aliphatic heterocycles. The van der Waals surface area contributed by atoms with Crippen LogP contribution in [-0.4, -0.2) is 29.1 Å². The molecule has 0 unspecified atom stereocenters. The number of unbranched alkanes of at least 4 members (excludes halogenated alkanes) is 4. The molecule has 6 nitrogen and oxygen atoms in total. The molecule has 8 rings (SSSR count). The van der Waals surface area contributed by atoms with Gasteiger partial charge in [0.1, 0.15) is 11.6 Å². The Morgan fingerprint density at radius 1 is 0.705 bits per heavy atom. The van der Waals surface area contributed by atoms with Crippen LogP contribution in [0.1, 0.15) is 67.7 Å². The number of nitrogens with zero attached hydrogens (tertiary/aromatic N) is 3. The van der Waals surface area contributed by atoms with Gasteiger partial charge in [0, 0.05) is 27.8 Å². The molecule has 2 aliphatic carbocycles. The zero-order valence-electron chi connectivity index (χ0n) is 24.5. The largest absolute Gasteiger partial charge is 0.288 e. The Labute approximate surface area is 256 Å². The lowest BCUT2D eigenvalue weighted by Crippen LogP contribution is -1.97. The molecule has 2 amide bonds. The minimum Gasteiger partial charge on any atom is -0.267 e. The monoisotopic (exact) mass is 574 g/mol. The normalized spacial score (nSPS) is 14.8. The van der Waals surface area contributed by atoms with Crippen LogP contribution in [0.15, 0.2) is 101 Å². The third-order valence-electron chi connectivity index (χ3n) is 8.42. The summed E-state index contributed by atoms with van der Waals surface area (Å²) >= 11 is 0. The van der Waals surface area contributed by atoms with E-state index in [0.717, 1.165) is 57.2 Å². The quantitative estimate of drug-likeness (QED) is 0.185. The molecule has 44 heavy (non-hydrogen) atoms. The lowest BCUT2D eigenvalue weighted by Gasteiger charge is -2.05. The SMILES string of the molecule is C=C=N.CCCCCCCC1=C2C(=NC1=O)c1cccc3cccc2c13.N#CC1=C2C(=NC1=O)c1cccc3cccc2c13. The van der Waals surface area contributed by atoms with Gasteiger partial charge < -0.3 is 0 Å². The van der Waals surface area contributed by atoms with Crippen LogP contribution < -0.4 is 0 Å². The molecule has 4 aliphatic rings. The molecule has 4 aromatic carbocycles. The van der Waals surface area contributed by atoms with E-state index >= 15 is 0 Å². The van der Waals surface area contributed by atoms with Crippen LogP contribution in [0.4, 0.5) is 0 Å². The second-order valence-corrected chi connectivity index (χ2v) is 11.0. The van der Waals surface area contributed by atoms with Crippen LogP contribution in [0.25, 0.3) is 32.7 Å². The standard InChI is InChI=1S/C21H21NO.C15H6N2O.C2H3N/c1-2-3-4-5-6-11-17-19-15-12-7-9-14-10-8-13-16(18(14)15)20(19)22-21(17)23;16-7-11-13-9-5-1-3-8-4-2-6-10(12(8)9)14(13)17-15(11)18;1-2-3/h7-10,12-13H,2-6,11H2,1H3;1-6H;3H,1H2. The molecule has 0 atom stereocenters. The highest BCUT2D eigenvalue weighted by molar-refractivity contribution is 6.50. The molecule has 0 saturated heterocycles. The number of rotatable bonds is 6. The molecule has 0 aromatic heterocycles. The van der Waals surface area contributed by atoms with Crippen molar-refractivity contribution in [2.75, 3.05) is 0 Å². The van der Waals surface area contributed by atoms with Gasteiger partial charge in [-0.2, -0.15) is 5.26 Å². The number of nitriles is 1. The predicted octanol–water partition coefficient (Wildman–Crippen LogP) is 8.18. The molecule has 0 spiro atoms. The van der Waals surface area contributed by atoms with Gasteiger partial charge in [-0.05, 0) is 58.0 Å². The fourth-order valence-electron chi connectivity index (χ4n) is 6.59. The molecule has 0 radical (unpaired) electrons. The maximum Gasteiger partial charge on any atom is 0.288 e. The molecule has 214 valence electrons. The summed E-state index contributed by atoms with van der Waals surface area (Å²) in [5.74, 6) is 1.31. The Morgan fingerprint density at radius 3 is 1.73 bits per heavy atom. The number of benzene rings is 4. The third-order valence-corrected chi connectivity index (χ3v) is 8.42. The zero-order valence-corrected chi connectivity index (χ0v) is 24.5. The van der Waals surface area contributed by atoms with Crippen molar-refractivity contribution in [3.8, 4) is 6.07 Å². The summed E-state index contributed by atoms with van der Waals surface area (Å²) < 4.78 is 0. The fourth-order valence-corrected chi connectivity index (χ4v) is 6.59. The summed E-state index contributed by atoms with van der Waals surface area (Å²) in [5.41, 5.74) is 8.70. The molecule has 0 saturated carbocycles. The summed E-state index contributed by atoms with van der Waals surface area (Å²) in [7, 11) is 0. The van der Waals surface area contributed by atoms with Crippen LogP contribution in [0.5, 0.6) is 0 Å². The van der Waals surface area contributed by atoms with Gasteiger partial charge in [0.2, 0.25) is 0 Å². The number of aliphatic imine (C=N–C) groups is 2. The molecular weight excluding hydrogens is 544 g/mol. The van der Waals surface area contributed by atoms with Crippen LogP contribution >= 0.6 is 0 Å². The first kappa shape index (κ1) is 28.6. The van der Waals surface area contributed by atoms with Gasteiger partial charge in [-0.1, -0.05) is 105 Å². The first-order valence-corrected chi connectivity index (χ1v) is 14.9. The number of nitrogens with one attached hydrogen (secondary N) is 1. The van der Waals surface area contributed by atoms with E-state index in [4.69, 9.17) is 10.7 Å². The van der Waals surface area contributed by atoms with Gasteiger partial charge in [-0.25, -0.2) is 9.98 Å². The van der Waals surface area contributed by atoms with Crippen molar-refractivity contribution in [1.29, 1.82) is 10.7 Å². The number of amides is 2. The van der Waals surface area contributed by atoms with Crippen molar-refractivity contribution in [2.24, 2.45) is 9.98 Å². The Kier molecular flexibility index (Phi) is 7.81. The van der Waals surface area contributed by atoms with Crippen LogP contribution in [0, 0.1) is 16.7 Å². The number of allylic oxidation sites excluding steroid dienone is 2. The average molecular weight is 575 g/mol. The zero-order chi connectivity index (χ0) is 30.8. The van der Waals surface area contributed by atoms with Crippen molar-refractivity contribution in [2.45, 2.75) is 45.4 Å². The number of hydrogen-bond donors (Lipinski definition) is 1. The van der Waals surface area contributed by atoms with Crippen molar-refractivity contribution < 1.29 is 9.59 Å². The van der Waals surface area contributed by atoms with Gasteiger partial charge in [-0.15, -0.1) is 0 Å². The Bertz CT molecular complexity index is 2090. The Morgan fingerprint density at radius 2 is 1.18 bits per heavy atom. The highest BCUT2D eigenvalue weighted by Gasteiger charge is 2.36. The highest BCUT2D eigenvalue weighted by Crippen LogP contribution is 2.44. The minimum absolute atomic E-state index is 0.0167. The number of hydrogen-bond acceptors (Lipinski definition) is 4. The van der Waals surface area contributed by atoms with E-state index in [2.05, 4.69) is 59.9 Å². The van der Waals surface area contributed by atoms with Gasteiger partial charge in [0.15, 0.2) is 0 Å². The molecule has 6 heteroatoms. The summed E-state index contributed by atoms with van der Waals surface area (Å²) in [5, 5.41) is 19.7.